The highest BCUT2D eigenvalue weighted by Crippen LogP contribution is 2.11. The largest absolute Gasteiger partial charge is 0.481 e. The molecular weight excluding hydrogens is 276 g/mol. The van der Waals surface area contributed by atoms with E-state index < -0.39 is 0 Å². The van der Waals surface area contributed by atoms with Gasteiger partial charge in [-0.3, -0.25) is 5.41 Å². The number of methoxy groups -OCH3 is 1. The number of rotatable bonds is 1. The second kappa shape index (κ2) is 5.70. The number of imidazole rings is 1. The topological polar surface area (TPSA) is 63.3 Å². The molecule has 0 aliphatic rings. The molecule has 5 nitrogen and oxygen atoms in total. The summed E-state index contributed by atoms with van der Waals surface area (Å²) in [5.41, 5.74) is 4.08. The van der Waals surface area contributed by atoms with Gasteiger partial charge in [-0.2, -0.15) is 5.10 Å². The van der Waals surface area contributed by atoms with Crippen molar-refractivity contribution in [3.05, 3.63) is 65.1 Å². The lowest BCUT2D eigenvalue weighted by molar-refractivity contribution is 0.401. The number of fused-ring (bicyclic) bond motifs is 1. The van der Waals surface area contributed by atoms with E-state index in [4.69, 9.17) is 10.1 Å². The first kappa shape index (κ1) is 13.8. The first-order chi connectivity index (χ1) is 10.7. The van der Waals surface area contributed by atoms with Crippen LogP contribution in [0.3, 0.4) is 0 Å². The molecule has 0 unspecified atom stereocenters. The third-order valence-electron chi connectivity index (χ3n) is 3.31. The van der Waals surface area contributed by atoms with E-state index >= 15 is 0 Å². The molecule has 0 bridgehead atoms. The van der Waals surface area contributed by atoms with Gasteiger partial charge in [0.15, 0.2) is 5.65 Å². The first-order valence-corrected chi connectivity index (χ1v) is 6.73. The summed E-state index contributed by atoms with van der Waals surface area (Å²) in [6, 6.07) is 9.35. The van der Waals surface area contributed by atoms with Crippen LogP contribution in [-0.2, 0) is 4.74 Å². The molecule has 1 N–H and O–H groups in total. The van der Waals surface area contributed by atoms with Crippen molar-refractivity contribution in [1.29, 1.82) is 5.41 Å². The first-order valence-electron chi connectivity index (χ1n) is 6.73. The standard InChI is InChI=1S/C17H14N4O/c1-12-5-6-14(17(18)22-2)10-13(12)7-8-15-11-19-16-4-3-9-20-21(15)16/h3-6,9-11,18H,1-2H3. The zero-order valence-corrected chi connectivity index (χ0v) is 12.3. The van der Waals surface area contributed by atoms with Crippen molar-refractivity contribution in [3.8, 4) is 11.8 Å². The van der Waals surface area contributed by atoms with Crippen LogP contribution in [0.25, 0.3) is 5.65 Å². The molecular formula is C17H14N4O. The minimum Gasteiger partial charge on any atom is -0.481 e. The Morgan fingerprint density at radius 3 is 2.95 bits per heavy atom. The number of hydrogen-bond donors (Lipinski definition) is 1. The maximum Gasteiger partial charge on any atom is 0.212 e. The van der Waals surface area contributed by atoms with E-state index in [2.05, 4.69) is 21.9 Å². The van der Waals surface area contributed by atoms with Crippen molar-refractivity contribution in [3.63, 3.8) is 0 Å². The molecule has 22 heavy (non-hydrogen) atoms. The van der Waals surface area contributed by atoms with Gasteiger partial charge >= 0.3 is 0 Å². The van der Waals surface area contributed by atoms with Gasteiger partial charge in [0.25, 0.3) is 0 Å². The lowest BCUT2D eigenvalue weighted by Gasteiger charge is -2.04. The highest BCUT2D eigenvalue weighted by atomic mass is 16.5. The highest BCUT2D eigenvalue weighted by molar-refractivity contribution is 5.92. The lowest BCUT2D eigenvalue weighted by atomic mass is 10.1. The van der Waals surface area contributed by atoms with Crippen LogP contribution in [0.5, 0.6) is 0 Å². The van der Waals surface area contributed by atoms with Gasteiger partial charge in [0.1, 0.15) is 5.69 Å². The molecule has 0 spiro atoms. The van der Waals surface area contributed by atoms with E-state index in [0.717, 1.165) is 22.5 Å². The number of benzene rings is 1. The van der Waals surface area contributed by atoms with Crippen molar-refractivity contribution in [1.82, 2.24) is 14.6 Å². The maximum absolute atomic E-state index is 7.73. The minimum atomic E-state index is 0.125. The number of hydrogen-bond acceptors (Lipinski definition) is 4. The zero-order chi connectivity index (χ0) is 15.5. The Morgan fingerprint density at radius 2 is 2.14 bits per heavy atom. The molecule has 0 atom stereocenters. The number of nitrogens with zero attached hydrogens (tertiary/aromatic N) is 3. The van der Waals surface area contributed by atoms with Crippen LogP contribution in [0, 0.1) is 24.2 Å². The van der Waals surface area contributed by atoms with Crippen LogP contribution in [0.4, 0.5) is 0 Å². The fourth-order valence-corrected chi connectivity index (χ4v) is 2.06. The second-order valence-corrected chi connectivity index (χ2v) is 4.75. The Bertz CT molecular complexity index is 915. The molecule has 2 aromatic heterocycles. The van der Waals surface area contributed by atoms with Gasteiger partial charge in [-0.25, -0.2) is 9.50 Å². The van der Waals surface area contributed by atoms with E-state index in [9.17, 15) is 0 Å². The zero-order valence-electron chi connectivity index (χ0n) is 12.3. The maximum atomic E-state index is 7.73. The van der Waals surface area contributed by atoms with Crippen molar-refractivity contribution in [2.24, 2.45) is 0 Å². The van der Waals surface area contributed by atoms with E-state index in [0.29, 0.717) is 5.56 Å². The van der Waals surface area contributed by atoms with Gasteiger partial charge in [0, 0.05) is 17.3 Å². The van der Waals surface area contributed by atoms with Crippen molar-refractivity contribution >= 4 is 11.5 Å². The van der Waals surface area contributed by atoms with Crippen molar-refractivity contribution < 1.29 is 4.74 Å². The third-order valence-corrected chi connectivity index (χ3v) is 3.31. The van der Waals surface area contributed by atoms with Crippen LogP contribution in [0.1, 0.15) is 22.4 Å². The molecule has 0 saturated heterocycles. The Morgan fingerprint density at radius 1 is 1.27 bits per heavy atom. The molecule has 0 aliphatic heterocycles. The van der Waals surface area contributed by atoms with Gasteiger partial charge in [0.05, 0.1) is 13.3 Å². The Labute approximate surface area is 128 Å². The molecule has 1 aromatic carbocycles. The summed E-state index contributed by atoms with van der Waals surface area (Å²) < 4.78 is 6.65. The molecule has 2 heterocycles. The number of aromatic nitrogens is 3. The summed E-state index contributed by atoms with van der Waals surface area (Å²) in [6.45, 7) is 1.98. The van der Waals surface area contributed by atoms with Crippen LogP contribution >= 0.6 is 0 Å². The van der Waals surface area contributed by atoms with Crippen LogP contribution in [-0.4, -0.2) is 27.6 Å². The molecule has 0 amide bonds. The predicted octanol–water partition coefficient (Wildman–Crippen LogP) is 2.41. The Kier molecular flexibility index (Phi) is 3.58. The predicted molar refractivity (Wildman–Crippen MR) is 84.0 cm³/mol. The fraction of sp³-hybridized carbons (Fsp3) is 0.118. The Hall–Kier alpha value is -3.13. The summed E-state index contributed by atoms with van der Waals surface area (Å²) in [4.78, 5) is 4.26. The van der Waals surface area contributed by atoms with E-state index in [1.54, 1.807) is 16.9 Å². The van der Waals surface area contributed by atoms with Gasteiger partial charge < -0.3 is 4.74 Å². The smallest absolute Gasteiger partial charge is 0.212 e. The van der Waals surface area contributed by atoms with Crippen LogP contribution in [0.2, 0.25) is 0 Å². The van der Waals surface area contributed by atoms with Crippen molar-refractivity contribution in [2.75, 3.05) is 7.11 Å². The van der Waals surface area contributed by atoms with Crippen molar-refractivity contribution in [2.45, 2.75) is 6.92 Å². The van der Waals surface area contributed by atoms with Gasteiger partial charge in [-0.05, 0) is 42.7 Å². The quantitative estimate of drug-likeness (QED) is 0.425. The summed E-state index contributed by atoms with van der Waals surface area (Å²) in [6.07, 6.45) is 3.40. The molecule has 3 rings (SSSR count). The average molecular weight is 290 g/mol. The van der Waals surface area contributed by atoms with Gasteiger partial charge in [0.2, 0.25) is 5.90 Å². The summed E-state index contributed by atoms with van der Waals surface area (Å²) >= 11 is 0. The summed E-state index contributed by atoms with van der Waals surface area (Å²) in [7, 11) is 1.48. The van der Waals surface area contributed by atoms with Gasteiger partial charge in [-0.1, -0.05) is 12.0 Å². The van der Waals surface area contributed by atoms with Gasteiger partial charge in [-0.15, -0.1) is 0 Å². The Balaban J connectivity index is 2.02. The molecule has 3 aromatic rings. The molecule has 0 aliphatic carbocycles. The number of ether oxygens (including phenoxy) is 1. The SMILES string of the molecule is COC(=N)c1ccc(C)c(C#Cc2cnc3cccnn23)c1. The molecule has 0 saturated carbocycles. The highest BCUT2D eigenvalue weighted by Gasteiger charge is 2.04. The second-order valence-electron chi connectivity index (χ2n) is 4.75. The van der Waals surface area contributed by atoms with Crippen LogP contribution in [0.15, 0.2) is 42.7 Å². The van der Waals surface area contributed by atoms with E-state index in [1.807, 2.05) is 37.3 Å². The fourth-order valence-electron chi connectivity index (χ4n) is 2.06. The monoisotopic (exact) mass is 290 g/mol. The third kappa shape index (κ3) is 2.54. The molecule has 0 radical (unpaired) electrons. The molecule has 0 fully saturated rings. The number of aryl methyl sites for hydroxylation is 1. The average Bonchev–Trinajstić information content (AvgIpc) is 2.96. The summed E-state index contributed by atoms with van der Waals surface area (Å²) in [5.74, 6) is 6.33. The van der Waals surface area contributed by atoms with Crippen LogP contribution < -0.4 is 0 Å². The molecule has 5 heteroatoms. The lowest BCUT2D eigenvalue weighted by Crippen LogP contribution is -2.02. The summed E-state index contributed by atoms with van der Waals surface area (Å²) in [5, 5.41) is 12.0. The molecule has 108 valence electrons. The normalized spacial score (nSPS) is 10.1. The van der Waals surface area contributed by atoms with E-state index in [1.165, 1.54) is 7.11 Å². The number of nitrogens with one attached hydrogen (secondary N) is 1. The minimum absolute atomic E-state index is 0.125. The van der Waals surface area contributed by atoms with E-state index in [-0.39, 0.29) is 5.90 Å².